The Kier molecular flexibility index (Phi) is 77.6. The van der Waals surface area contributed by atoms with E-state index in [2.05, 4.69) is 119 Å². The zero-order chi connectivity index (χ0) is 25.6. The quantitative estimate of drug-likeness (QED) is 0.110. The molecule has 0 heterocycles. The van der Waals surface area contributed by atoms with Gasteiger partial charge in [0, 0.05) is 26.2 Å². The molecular formula is C20H38N4O2S4Sn2. The molecule has 0 aromatic carbocycles. The minimum atomic E-state index is -1.22. The van der Waals surface area contributed by atoms with Crippen molar-refractivity contribution < 1.29 is 4.86 Å². The first-order valence-corrected chi connectivity index (χ1v) is 15.9. The number of thiocarbonyl (C=S) groups is 4. The third kappa shape index (κ3) is 86.4. The summed E-state index contributed by atoms with van der Waals surface area (Å²) < 4.78 is 12.3. The van der Waals surface area contributed by atoms with Crippen molar-refractivity contribution in [3.05, 3.63) is 0 Å². The summed E-state index contributed by atoms with van der Waals surface area (Å²) in [5.41, 5.74) is 0. The van der Waals surface area contributed by atoms with Crippen LogP contribution < -0.4 is 0 Å². The van der Waals surface area contributed by atoms with Crippen LogP contribution in [-0.2, 0) is 1.41 Å². The number of rotatable bonds is 13. The van der Waals surface area contributed by atoms with E-state index in [-0.39, 0.29) is 0 Å². The summed E-state index contributed by atoms with van der Waals surface area (Å²) in [5.74, 6) is 0. The van der Waals surface area contributed by atoms with Gasteiger partial charge in [-0.05, 0) is 74.6 Å². The first-order chi connectivity index (χ1) is 15.6. The SMILES string of the molecule is CCCCN=C=S.CCCCN=C=S.CCCCN=C=S.CCCCN=C=S.[OH][Sn][O][SnH]. The molecule has 0 aliphatic carbocycles. The van der Waals surface area contributed by atoms with Gasteiger partial charge in [-0.1, -0.05) is 53.4 Å². The Morgan fingerprint density at radius 3 is 0.906 bits per heavy atom. The molecule has 0 aliphatic heterocycles. The molecule has 6 nitrogen and oxygen atoms in total. The van der Waals surface area contributed by atoms with Gasteiger partial charge in [0.2, 0.25) is 0 Å². The van der Waals surface area contributed by atoms with Crippen LogP contribution in [0.5, 0.6) is 0 Å². The fourth-order valence-electron chi connectivity index (χ4n) is 1.13. The van der Waals surface area contributed by atoms with Crippen molar-refractivity contribution in [2.45, 2.75) is 79.1 Å². The van der Waals surface area contributed by atoms with Crippen LogP contribution in [0.25, 0.3) is 0 Å². The predicted molar refractivity (Wildman–Crippen MR) is 155 cm³/mol. The molecule has 0 aromatic rings. The summed E-state index contributed by atoms with van der Waals surface area (Å²) in [6.07, 6.45) is 9.24. The van der Waals surface area contributed by atoms with E-state index < -0.39 is 22.0 Å². The third-order valence-corrected chi connectivity index (χ3v) is 5.64. The van der Waals surface area contributed by atoms with Crippen molar-refractivity contribution in [2.24, 2.45) is 20.0 Å². The molecule has 0 spiro atoms. The van der Waals surface area contributed by atoms with E-state index in [9.17, 15) is 0 Å². The second-order valence-corrected chi connectivity index (χ2v) is 12.0. The van der Waals surface area contributed by atoms with E-state index in [1.165, 1.54) is 25.7 Å². The van der Waals surface area contributed by atoms with Gasteiger partial charge in [-0.15, -0.1) is 0 Å². The van der Waals surface area contributed by atoms with Crippen LogP contribution in [0.3, 0.4) is 0 Å². The normalized spacial score (nSPS) is 7.56. The molecule has 0 saturated carbocycles. The second-order valence-electron chi connectivity index (χ2n) is 5.52. The molecule has 4 radical (unpaired) electrons. The van der Waals surface area contributed by atoms with E-state index in [4.69, 9.17) is 3.44 Å². The molecule has 0 rings (SSSR count). The zero-order valence-corrected chi connectivity index (χ0v) is 29.3. The van der Waals surface area contributed by atoms with Crippen LogP contribution in [0.15, 0.2) is 20.0 Å². The van der Waals surface area contributed by atoms with Crippen LogP contribution in [0.4, 0.5) is 0 Å². The van der Waals surface area contributed by atoms with E-state index in [0.717, 1.165) is 74.8 Å². The molecule has 12 heteroatoms. The van der Waals surface area contributed by atoms with Gasteiger partial charge in [0.25, 0.3) is 0 Å². The van der Waals surface area contributed by atoms with Crippen molar-refractivity contribution in [1.29, 1.82) is 0 Å². The van der Waals surface area contributed by atoms with Gasteiger partial charge in [-0.3, -0.25) is 0 Å². The summed E-state index contributed by atoms with van der Waals surface area (Å²) in [6, 6.07) is 0. The standard InChI is InChI=1S/4C5H9NS.H2O.O.2Sn.H/c4*1-2-3-4-6-5-7;;;;;/h4*2-4H2,1H3;1H2;;;;/q;;;;;;;+1;/p-1. The number of isothiocyanates is 4. The van der Waals surface area contributed by atoms with Crippen LogP contribution in [0.2, 0.25) is 0 Å². The Labute approximate surface area is 242 Å². The Hall–Kier alpha value is 0.717. The summed E-state index contributed by atoms with van der Waals surface area (Å²) in [6.45, 7) is 11.9. The van der Waals surface area contributed by atoms with Gasteiger partial charge >= 0.3 is 49.8 Å². The first-order valence-electron chi connectivity index (χ1n) is 10.5. The topological polar surface area (TPSA) is 78.9 Å². The number of hydrogen-bond donors (Lipinski definition) is 1. The predicted octanol–water partition coefficient (Wildman–Crippen LogP) is 5.90. The van der Waals surface area contributed by atoms with Gasteiger partial charge in [0.05, 0.1) is 20.6 Å². The van der Waals surface area contributed by atoms with Crippen LogP contribution in [-0.4, -0.2) is 95.2 Å². The molecule has 32 heavy (non-hydrogen) atoms. The van der Waals surface area contributed by atoms with Crippen LogP contribution in [0, 0.1) is 0 Å². The second kappa shape index (κ2) is 58.0. The van der Waals surface area contributed by atoms with Crippen molar-refractivity contribution in [1.82, 2.24) is 0 Å². The number of aliphatic imine (C=N–C) groups is 4. The fraction of sp³-hybridized carbons (Fsp3) is 0.800. The summed E-state index contributed by atoms with van der Waals surface area (Å²) >= 11 is 16.9. The summed E-state index contributed by atoms with van der Waals surface area (Å²) in [5, 5.41) is 9.24. The zero-order valence-electron chi connectivity index (χ0n) is 19.8. The van der Waals surface area contributed by atoms with E-state index in [1.807, 2.05) is 0 Å². The maximum absolute atomic E-state index is 7.86. The monoisotopic (exact) mass is 734 g/mol. The molecule has 0 aromatic heterocycles. The molecule has 0 unspecified atom stereocenters. The molecule has 0 saturated heterocycles. The van der Waals surface area contributed by atoms with E-state index >= 15 is 0 Å². The average Bonchev–Trinajstić information content (AvgIpc) is 2.82. The van der Waals surface area contributed by atoms with Gasteiger partial charge < -0.3 is 0 Å². The minimum absolute atomic E-state index is 0.766. The van der Waals surface area contributed by atoms with Gasteiger partial charge in [-0.2, -0.15) is 0 Å². The molecule has 0 amide bonds. The number of nitrogens with zero attached hydrogens (tertiary/aromatic N) is 4. The van der Waals surface area contributed by atoms with Crippen LogP contribution >= 0.6 is 48.9 Å². The Morgan fingerprint density at radius 1 is 0.625 bits per heavy atom. The molecule has 182 valence electrons. The Morgan fingerprint density at radius 2 is 0.812 bits per heavy atom. The summed E-state index contributed by atoms with van der Waals surface area (Å²) in [7, 11) is 0. The molecule has 1 N–H and O–H groups in total. The van der Waals surface area contributed by atoms with Gasteiger partial charge in [0.15, 0.2) is 0 Å². The van der Waals surface area contributed by atoms with Crippen LogP contribution in [0.1, 0.15) is 79.1 Å². The average molecular weight is 732 g/mol. The van der Waals surface area contributed by atoms with Gasteiger partial charge in [-0.25, -0.2) is 20.0 Å². The van der Waals surface area contributed by atoms with E-state index in [1.54, 1.807) is 0 Å². The Bertz CT molecular complexity index is 432. The van der Waals surface area contributed by atoms with E-state index in [0.29, 0.717) is 0 Å². The molecule has 0 aliphatic rings. The number of unbranched alkanes of at least 4 members (excludes halogenated alkanes) is 4. The first kappa shape index (κ1) is 42.8. The molecule has 0 atom stereocenters. The van der Waals surface area contributed by atoms with Crippen molar-refractivity contribution >= 4 is 114 Å². The van der Waals surface area contributed by atoms with Crippen molar-refractivity contribution in [2.75, 3.05) is 26.2 Å². The van der Waals surface area contributed by atoms with Crippen molar-refractivity contribution in [3.8, 4) is 0 Å². The molecule has 0 fully saturated rings. The Balaban J connectivity index is -0.0000000960. The van der Waals surface area contributed by atoms with Gasteiger partial charge in [0.1, 0.15) is 0 Å². The summed E-state index contributed by atoms with van der Waals surface area (Å²) in [4.78, 5) is 14.9. The number of hydrogen-bond acceptors (Lipinski definition) is 10. The maximum atomic E-state index is 7.86. The fourth-order valence-corrected chi connectivity index (χ4v) is 1.50. The molecule has 0 bridgehead atoms. The van der Waals surface area contributed by atoms with Crippen molar-refractivity contribution in [3.63, 3.8) is 0 Å². The molecular weight excluding hydrogens is 694 g/mol. The third-order valence-electron chi connectivity index (χ3n) is 2.80.